The monoisotopic (exact) mass is 189 g/mol. The molecule has 1 heterocycles. The van der Waals surface area contributed by atoms with E-state index in [0.29, 0.717) is 0 Å². The normalized spacial score (nSPS) is 16.8. The van der Waals surface area contributed by atoms with Crippen molar-refractivity contribution in [1.29, 1.82) is 0 Å². The Morgan fingerprint density at radius 3 is 2.71 bits per heavy atom. The van der Waals surface area contributed by atoms with Crippen molar-refractivity contribution in [2.75, 3.05) is 13.1 Å². The zero-order valence-corrected chi connectivity index (χ0v) is 8.48. The van der Waals surface area contributed by atoms with Crippen molar-refractivity contribution >= 4 is 5.69 Å². The van der Waals surface area contributed by atoms with Crippen molar-refractivity contribution < 1.29 is 0 Å². The van der Waals surface area contributed by atoms with Crippen molar-refractivity contribution in [2.24, 2.45) is 10.3 Å². The molecule has 1 saturated heterocycles. The van der Waals surface area contributed by atoms with Gasteiger partial charge in [0, 0.05) is 13.1 Å². The van der Waals surface area contributed by atoms with Gasteiger partial charge in [0.15, 0.2) is 0 Å². The first-order chi connectivity index (χ1) is 6.84. The molecule has 0 aliphatic carbocycles. The van der Waals surface area contributed by atoms with Crippen LogP contribution in [0.3, 0.4) is 0 Å². The van der Waals surface area contributed by atoms with Crippen LogP contribution in [0, 0.1) is 6.92 Å². The lowest BCUT2D eigenvalue weighted by Gasteiger charge is -2.06. The lowest BCUT2D eigenvalue weighted by atomic mass is 10.2. The van der Waals surface area contributed by atoms with Crippen LogP contribution in [0.15, 0.2) is 34.6 Å². The fourth-order valence-electron chi connectivity index (χ4n) is 1.59. The summed E-state index contributed by atoms with van der Waals surface area (Å²) < 4.78 is 0. The maximum atomic E-state index is 4.20. The maximum Gasteiger partial charge on any atom is 0.0876 e. The first-order valence-corrected chi connectivity index (χ1v) is 5.08. The molecule has 0 radical (unpaired) electrons. The Labute approximate surface area is 84.4 Å². The highest BCUT2D eigenvalue weighted by atomic mass is 15.5. The zero-order chi connectivity index (χ0) is 9.80. The van der Waals surface area contributed by atoms with Gasteiger partial charge in [-0.15, -0.1) is 5.11 Å². The predicted molar refractivity (Wildman–Crippen MR) is 56.5 cm³/mol. The van der Waals surface area contributed by atoms with Gasteiger partial charge in [0.1, 0.15) is 0 Å². The van der Waals surface area contributed by atoms with E-state index < -0.39 is 0 Å². The molecule has 3 heteroatoms. The Kier molecular flexibility index (Phi) is 2.77. The number of hydrogen-bond donors (Lipinski definition) is 0. The molecule has 1 aromatic carbocycles. The molecular weight excluding hydrogens is 174 g/mol. The van der Waals surface area contributed by atoms with Crippen molar-refractivity contribution in [3.8, 4) is 0 Å². The standard InChI is InChI=1S/C11H15N3/c1-10-5-4-6-11(9-10)12-13-14-7-2-3-8-14/h4-6,9H,2-3,7-8H2,1H3. The van der Waals surface area contributed by atoms with Crippen molar-refractivity contribution in [3.63, 3.8) is 0 Å². The van der Waals surface area contributed by atoms with Crippen LogP contribution in [0.5, 0.6) is 0 Å². The molecule has 0 bridgehead atoms. The summed E-state index contributed by atoms with van der Waals surface area (Å²) in [4.78, 5) is 0. The van der Waals surface area contributed by atoms with Crippen molar-refractivity contribution in [1.82, 2.24) is 5.01 Å². The Balaban J connectivity index is 2.02. The predicted octanol–water partition coefficient (Wildman–Crippen LogP) is 3.09. The van der Waals surface area contributed by atoms with Gasteiger partial charge in [-0.2, -0.15) is 0 Å². The molecule has 1 fully saturated rings. The summed E-state index contributed by atoms with van der Waals surface area (Å²) in [5.74, 6) is 0. The van der Waals surface area contributed by atoms with E-state index in [1.807, 2.05) is 23.2 Å². The molecule has 0 N–H and O–H groups in total. The lowest BCUT2D eigenvalue weighted by Crippen LogP contribution is -2.09. The van der Waals surface area contributed by atoms with E-state index in [4.69, 9.17) is 0 Å². The SMILES string of the molecule is Cc1cccc(N=NN2CCCC2)c1. The van der Waals surface area contributed by atoms with Gasteiger partial charge in [0.2, 0.25) is 0 Å². The van der Waals surface area contributed by atoms with Gasteiger partial charge in [0.05, 0.1) is 5.69 Å². The minimum absolute atomic E-state index is 0.942. The molecule has 0 saturated carbocycles. The van der Waals surface area contributed by atoms with Crippen LogP contribution in [-0.2, 0) is 0 Å². The zero-order valence-electron chi connectivity index (χ0n) is 8.48. The fourth-order valence-corrected chi connectivity index (χ4v) is 1.59. The van der Waals surface area contributed by atoms with Gasteiger partial charge in [0.25, 0.3) is 0 Å². The summed E-state index contributed by atoms with van der Waals surface area (Å²) in [6, 6.07) is 8.09. The molecule has 14 heavy (non-hydrogen) atoms. The summed E-state index contributed by atoms with van der Waals surface area (Å²) in [7, 11) is 0. The van der Waals surface area contributed by atoms with Gasteiger partial charge >= 0.3 is 0 Å². The number of benzene rings is 1. The van der Waals surface area contributed by atoms with Crippen LogP contribution in [0.1, 0.15) is 18.4 Å². The van der Waals surface area contributed by atoms with Gasteiger partial charge in [-0.3, -0.25) is 5.01 Å². The fraction of sp³-hybridized carbons (Fsp3) is 0.455. The molecule has 0 unspecified atom stereocenters. The highest BCUT2D eigenvalue weighted by molar-refractivity contribution is 5.38. The largest absolute Gasteiger partial charge is 0.278 e. The second-order valence-corrected chi connectivity index (χ2v) is 3.69. The highest BCUT2D eigenvalue weighted by Crippen LogP contribution is 2.16. The molecule has 0 amide bonds. The van der Waals surface area contributed by atoms with E-state index in [1.165, 1.54) is 18.4 Å². The van der Waals surface area contributed by atoms with E-state index in [2.05, 4.69) is 23.3 Å². The average Bonchev–Trinajstić information content (AvgIpc) is 2.67. The molecule has 1 aliphatic heterocycles. The molecule has 0 atom stereocenters. The number of nitrogens with zero attached hydrogens (tertiary/aromatic N) is 3. The summed E-state index contributed by atoms with van der Waals surface area (Å²) in [5.41, 5.74) is 2.17. The summed E-state index contributed by atoms with van der Waals surface area (Å²) >= 11 is 0. The molecule has 1 aliphatic rings. The Hall–Kier alpha value is -1.38. The highest BCUT2D eigenvalue weighted by Gasteiger charge is 2.07. The lowest BCUT2D eigenvalue weighted by molar-refractivity contribution is 0.336. The Morgan fingerprint density at radius 2 is 2.00 bits per heavy atom. The second kappa shape index (κ2) is 4.22. The summed E-state index contributed by atoms with van der Waals surface area (Å²) in [6.45, 7) is 4.17. The number of rotatable bonds is 2. The maximum absolute atomic E-state index is 4.20. The molecule has 3 nitrogen and oxygen atoms in total. The Morgan fingerprint density at radius 1 is 1.21 bits per heavy atom. The third kappa shape index (κ3) is 2.31. The van der Waals surface area contributed by atoms with Crippen LogP contribution in [0.4, 0.5) is 5.69 Å². The Bertz CT molecular complexity index is 327. The van der Waals surface area contributed by atoms with Gasteiger partial charge in [-0.25, -0.2) is 0 Å². The quantitative estimate of drug-likeness (QED) is 0.657. The smallest absolute Gasteiger partial charge is 0.0876 e. The van der Waals surface area contributed by atoms with Gasteiger partial charge in [-0.05, 0) is 37.5 Å². The van der Waals surface area contributed by atoms with E-state index in [9.17, 15) is 0 Å². The minimum atomic E-state index is 0.942. The molecule has 2 rings (SSSR count). The molecule has 0 spiro atoms. The van der Waals surface area contributed by atoms with E-state index in [1.54, 1.807) is 0 Å². The topological polar surface area (TPSA) is 28.0 Å². The first kappa shape index (κ1) is 9.19. The minimum Gasteiger partial charge on any atom is -0.278 e. The summed E-state index contributed by atoms with van der Waals surface area (Å²) in [5, 5.41) is 10.4. The first-order valence-electron chi connectivity index (χ1n) is 5.08. The molecular formula is C11H15N3. The average molecular weight is 189 g/mol. The van der Waals surface area contributed by atoms with Crippen LogP contribution < -0.4 is 0 Å². The second-order valence-electron chi connectivity index (χ2n) is 3.69. The van der Waals surface area contributed by atoms with Gasteiger partial charge in [-0.1, -0.05) is 17.4 Å². The van der Waals surface area contributed by atoms with E-state index >= 15 is 0 Å². The van der Waals surface area contributed by atoms with Gasteiger partial charge < -0.3 is 0 Å². The van der Waals surface area contributed by atoms with E-state index in [0.717, 1.165) is 18.8 Å². The van der Waals surface area contributed by atoms with Crippen molar-refractivity contribution in [3.05, 3.63) is 29.8 Å². The van der Waals surface area contributed by atoms with E-state index in [-0.39, 0.29) is 0 Å². The molecule has 74 valence electrons. The van der Waals surface area contributed by atoms with Crippen LogP contribution >= 0.6 is 0 Å². The number of hydrogen-bond acceptors (Lipinski definition) is 2. The van der Waals surface area contributed by atoms with Crippen LogP contribution in [0.2, 0.25) is 0 Å². The number of aryl methyl sites for hydroxylation is 1. The summed E-state index contributed by atoms with van der Waals surface area (Å²) in [6.07, 6.45) is 2.49. The van der Waals surface area contributed by atoms with Crippen molar-refractivity contribution in [2.45, 2.75) is 19.8 Å². The molecule has 1 aromatic rings. The third-order valence-electron chi connectivity index (χ3n) is 2.37. The van der Waals surface area contributed by atoms with Crippen LogP contribution in [0.25, 0.3) is 0 Å². The van der Waals surface area contributed by atoms with Crippen LogP contribution in [-0.4, -0.2) is 18.1 Å². The third-order valence-corrected chi connectivity index (χ3v) is 2.37. The molecule has 0 aromatic heterocycles.